The van der Waals surface area contributed by atoms with Gasteiger partial charge in [0.05, 0.1) is 17.5 Å². The molecule has 1 saturated heterocycles. The van der Waals surface area contributed by atoms with Gasteiger partial charge in [0.15, 0.2) is 0 Å². The fourth-order valence-electron chi connectivity index (χ4n) is 2.51. The van der Waals surface area contributed by atoms with Crippen molar-refractivity contribution in [2.45, 2.75) is 0 Å². The van der Waals surface area contributed by atoms with Gasteiger partial charge in [-0.1, -0.05) is 0 Å². The predicted octanol–water partition coefficient (Wildman–Crippen LogP) is 1.47. The molecule has 6 nitrogen and oxygen atoms in total. The molecular formula is C13H15BrN4O2S. The molecule has 21 heavy (non-hydrogen) atoms. The Labute approximate surface area is 132 Å². The van der Waals surface area contributed by atoms with Crippen molar-refractivity contribution in [1.29, 1.82) is 0 Å². The van der Waals surface area contributed by atoms with E-state index in [2.05, 4.69) is 30.8 Å². The van der Waals surface area contributed by atoms with Crippen LogP contribution in [0.1, 0.15) is 0 Å². The van der Waals surface area contributed by atoms with Crippen molar-refractivity contribution in [3.63, 3.8) is 0 Å². The van der Waals surface area contributed by atoms with Crippen LogP contribution in [-0.4, -0.2) is 55.1 Å². The zero-order chi connectivity index (χ0) is 15.0. The van der Waals surface area contributed by atoms with Crippen molar-refractivity contribution in [1.82, 2.24) is 14.3 Å². The van der Waals surface area contributed by atoms with E-state index in [0.29, 0.717) is 26.2 Å². The summed E-state index contributed by atoms with van der Waals surface area (Å²) < 4.78 is 25.5. The number of piperazine rings is 1. The van der Waals surface area contributed by atoms with Gasteiger partial charge in [-0.25, -0.2) is 8.42 Å². The van der Waals surface area contributed by atoms with Crippen molar-refractivity contribution in [3.8, 4) is 0 Å². The van der Waals surface area contributed by atoms with E-state index in [0.717, 1.165) is 21.2 Å². The highest BCUT2D eigenvalue weighted by molar-refractivity contribution is 9.10. The third kappa shape index (κ3) is 3.02. The number of nitrogens with zero attached hydrogens (tertiary/aromatic N) is 4. The zero-order valence-electron chi connectivity index (χ0n) is 11.5. The summed E-state index contributed by atoms with van der Waals surface area (Å²) in [6.45, 7) is 2.31. The Morgan fingerprint density at radius 2 is 1.90 bits per heavy atom. The summed E-state index contributed by atoms with van der Waals surface area (Å²) in [6.07, 6.45) is 4.76. The lowest BCUT2D eigenvalue weighted by molar-refractivity contribution is 0.388. The van der Waals surface area contributed by atoms with Crippen LogP contribution in [0, 0.1) is 0 Å². The molecule has 3 rings (SSSR count). The number of aromatic nitrogens is 2. The highest BCUT2D eigenvalue weighted by atomic mass is 79.9. The highest BCUT2D eigenvalue weighted by Gasteiger charge is 2.24. The fourth-order valence-corrected chi connectivity index (χ4v) is 3.65. The Morgan fingerprint density at radius 3 is 2.57 bits per heavy atom. The number of hydrogen-bond acceptors (Lipinski definition) is 5. The Balaban J connectivity index is 1.89. The molecule has 0 saturated carbocycles. The molecule has 1 aliphatic rings. The van der Waals surface area contributed by atoms with E-state index in [4.69, 9.17) is 0 Å². The number of rotatable bonds is 2. The molecule has 0 amide bonds. The Bertz CT molecular complexity index is 773. The van der Waals surface area contributed by atoms with Crippen LogP contribution in [0.3, 0.4) is 0 Å². The van der Waals surface area contributed by atoms with Crippen molar-refractivity contribution >= 4 is 42.7 Å². The molecule has 2 aromatic heterocycles. The van der Waals surface area contributed by atoms with E-state index in [-0.39, 0.29) is 0 Å². The van der Waals surface area contributed by atoms with Crippen molar-refractivity contribution in [2.75, 3.05) is 37.3 Å². The van der Waals surface area contributed by atoms with Crippen molar-refractivity contribution in [3.05, 3.63) is 29.0 Å². The van der Waals surface area contributed by atoms with E-state index >= 15 is 0 Å². The molecule has 112 valence electrons. The van der Waals surface area contributed by atoms with Gasteiger partial charge < -0.3 is 4.90 Å². The first-order valence-electron chi connectivity index (χ1n) is 6.55. The molecule has 0 radical (unpaired) electrons. The number of hydrogen-bond donors (Lipinski definition) is 0. The van der Waals surface area contributed by atoms with Crippen molar-refractivity contribution < 1.29 is 8.42 Å². The Hall–Kier alpha value is -1.25. The minimum absolute atomic E-state index is 0.499. The minimum Gasteiger partial charge on any atom is -0.367 e. The monoisotopic (exact) mass is 370 g/mol. The first-order chi connectivity index (χ1) is 9.95. The largest absolute Gasteiger partial charge is 0.367 e. The fraction of sp³-hybridized carbons (Fsp3) is 0.385. The third-order valence-electron chi connectivity index (χ3n) is 3.57. The summed E-state index contributed by atoms with van der Waals surface area (Å²) >= 11 is 3.39. The maximum atomic E-state index is 11.6. The van der Waals surface area contributed by atoms with Gasteiger partial charge in [-0.3, -0.25) is 9.97 Å². The van der Waals surface area contributed by atoms with Crippen LogP contribution in [0.2, 0.25) is 0 Å². The summed E-state index contributed by atoms with van der Waals surface area (Å²) in [4.78, 5) is 10.9. The van der Waals surface area contributed by atoms with Crippen LogP contribution in [-0.2, 0) is 10.0 Å². The summed E-state index contributed by atoms with van der Waals surface area (Å²) in [5, 5.41) is 0. The van der Waals surface area contributed by atoms with Crippen LogP contribution >= 0.6 is 15.9 Å². The van der Waals surface area contributed by atoms with Gasteiger partial charge in [0, 0.05) is 43.0 Å². The van der Waals surface area contributed by atoms with Gasteiger partial charge >= 0.3 is 0 Å². The summed E-state index contributed by atoms with van der Waals surface area (Å²) in [5.74, 6) is 0. The van der Waals surface area contributed by atoms with Gasteiger partial charge in [0.1, 0.15) is 5.52 Å². The number of fused-ring (bicyclic) bond motifs is 1. The van der Waals surface area contributed by atoms with Crippen LogP contribution in [0.5, 0.6) is 0 Å². The second-order valence-corrected chi connectivity index (χ2v) is 7.90. The topological polar surface area (TPSA) is 66.4 Å². The van der Waals surface area contributed by atoms with Crippen LogP contribution in [0.4, 0.5) is 5.69 Å². The smallest absolute Gasteiger partial charge is 0.211 e. The number of halogens is 1. The standard InChI is InChI=1S/C13H15BrN4O2S/c1-21(19,20)18-6-4-17(5-7-18)12-2-3-15-11-8-10(14)9-16-13(11)12/h2-3,8-9H,4-7H2,1H3. The minimum atomic E-state index is -3.11. The van der Waals surface area contributed by atoms with E-state index in [1.165, 1.54) is 10.6 Å². The van der Waals surface area contributed by atoms with Gasteiger partial charge in [0.2, 0.25) is 10.0 Å². The Kier molecular flexibility index (Phi) is 3.85. The Morgan fingerprint density at radius 1 is 1.19 bits per heavy atom. The summed E-state index contributed by atoms with van der Waals surface area (Å²) in [5.41, 5.74) is 2.67. The molecule has 2 aromatic rings. The van der Waals surface area contributed by atoms with E-state index in [1.54, 1.807) is 12.4 Å². The van der Waals surface area contributed by atoms with E-state index in [9.17, 15) is 8.42 Å². The maximum absolute atomic E-state index is 11.6. The van der Waals surface area contributed by atoms with Crippen LogP contribution < -0.4 is 4.90 Å². The third-order valence-corrected chi connectivity index (χ3v) is 5.31. The summed E-state index contributed by atoms with van der Waals surface area (Å²) in [7, 11) is -3.11. The molecule has 0 aromatic carbocycles. The van der Waals surface area contributed by atoms with Gasteiger partial charge in [-0.05, 0) is 28.1 Å². The second-order valence-electron chi connectivity index (χ2n) is 5.00. The lowest BCUT2D eigenvalue weighted by atomic mass is 10.2. The first kappa shape index (κ1) is 14.7. The average molecular weight is 371 g/mol. The van der Waals surface area contributed by atoms with Gasteiger partial charge in [-0.2, -0.15) is 4.31 Å². The average Bonchev–Trinajstić information content (AvgIpc) is 2.45. The maximum Gasteiger partial charge on any atom is 0.211 e. The van der Waals surface area contributed by atoms with E-state index < -0.39 is 10.0 Å². The summed E-state index contributed by atoms with van der Waals surface area (Å²) in [6, 6.07) is 3.86. The normalized spacial score (nSPS) is 17.3. The molecule has 1 fully saturated rings. The number of sulfonamides is 1. The zero-order valence-corrected chi connectivity index (χ0v) is 13.9. The van der Waals surface area contributed by atoms with Gasteiger partial charge in [0.25, 0.3) is 0 Å². The molecule has 0 aliphatic carbocycles. The molecule has 3 heterocycles. The van der Waals surface area contributed by atoms with Gasteiger partial charge in [-0.15, -0.1) is 0 Å². The SMILES string of the molecule is CS(=O)(=O)N1CCN(c2ccnc3cc(Br)cnc23)CC1. The number of anilines is 1. The van der Waals surface area contributed by atoms with E-state index in [1.807, 2.05) is 12.1 Å². The first-order valence-corrected chi connectivity index (χ1v) is 9.19. The lowest BCUT2D eigenvalue weighted by Crippen LogP contribution is -2.48. The number of pyridine rings is 2. The van der Waals surface area contributed by atoms with Crippen LogP contribution in [0.25, 0.3) is 11.0 Å². The lowest BCUT2D eigenvalue weighted by Gasteiger charge is -2.34. The molecule has 0 N–H and O–H groups in total. The molecule has 0 bridgehead atoms. The molecule has 0 atom stereocenters. The molecule has 8 heteroatoms. The molecule has 0 spiro atoms. The van der Waals surface area contributed by atoms with Crippen LogP contribution in [0.15, 0.2) is 29.0 Å². The highest BCUT2D eigenvalue weighted by Crippen LogP contribution is 2.26. The quantitative estimate of drug-likeness (QED) is 0.800. The predicted molar refractivity (Wildman–Crippen MR) is 85.9 cm³/mol. The second kappa shape index (κ2) is 5.51. The van der Waals surface area contributed by atoms with Crippen molar-refractivity contribution in [2.24, 2.45) is 0 Å². The molecular weight excluding hydrogens is 356 g/mol. The molecule has 1 aliphatic heterocycles. The molecule has 0 unspecified atom stereocenters.